The predicted octanol–water partition coefficient (Wildman–Crippen LogP) is 0.447. The molecule has 0 aliphatic carbocycles. The second-order valence-electron chi connectivity index (χ2n) is 3.47. The van der Waals surface area contributed by atoms with Gasteiger partial charge >= 0.3 is 0 Å². The van der Waals surface area contributed by atoms with Crippen LogP contribution in [-0.2, 0) is 13.5 Å². The van der Waals surface area contributed by atoms with E-state index in [0.29, 0.717) is 5.82 Å². The van der Waals surface area contributed by atoms with Gasteiger partial charge in [0.25, 0.3) is 0 Å². The van der Waals surface area contributed by atoms with E-state index in [4.69, 9.17) is 5.73 Å². The molecule has 6 nitrogen and oxygen atoms in total. The highest BCUT2D eigenvalue weighted by molar-refractivity contribution is 5.38. The zero-order valence-corrected chi connectivity index (χ0v) is 9.09. The molecule has 0 radical (unpaired) electrons. The van der Waals surface area contributed by atoms with E-state index in [0.717, 1.165) is 18.8 Å². The Hall–Kier alpha value is -2.11. The minimum Gasteiger partial charge on any atom is -0.382 e. The number of nitrogens with one attached hydrogen (secondary N) is 1. The summed E-state index contributed by atoms with van der Waals surface area (Å²) < 4.78 is 1.86. The summed E-state index contributed by atoms with van der Waals surface area (Å²) in [6, 6.07) is 5.53. The normalized spacial score (nSPS) is 10.3. The van der Waals surface area contributed by atoms with Crippen LogP contribution in [0.1, 0.15) is 5.69 Å². The third-order valence-electron chi connectivity index (χ3n) is 2.29. The molecule has 0 fully saturated rings. The first-order valence-electron chi connectivity index (χ1n) is 5.05. The number of rotatable bonds is 4. The van der Waals surface area contributed by atoms with Gasteiger partial charge < -0.3 is 11.1 Å². The molecule has 3 N–H and O–H groups in total. The molecule has 0 saturated carbocycles. The van der Waals surface area contributed by atoms with Crippen molar-refractivity contribution in [1.29, 1.82) is 0 Å². The van der Waals surface area contributed by atoms with Gasteiger partial charge in [0.15, 0.2) is 0 Å². The number of aryl methyl sites for hydroxylation is 1. The average molecular weight is 218 g/mol. The van der Waals surface area contributed by atoms with E-state index in [1.807, 2.05) is 23.9 Å². The van der Waals surface area contributed by atoms with Crippen LogP contribution in [0.3, 0.4) is 0 Å². The summed E-state index contributed by atoms with van der Waals surface area (Å²) in [5, 5.41) is 14.9. The van der Waals surface area contributed by atoms with Crippen molar-refractivity contribution >= 4 is 11.6 Å². The fourth-order valence-corrected chi connectivity index (χ4v) is 1.40. The third kappa shape index (κ3) is 2.47. The van der Waals surface area contributed by atoms with Gasteiger partial charge in [0.05, 0.1) is 0 Å². The Morgan fingerprint density at radius 3 is 2.81 bits per heavy atom. The Bertz CT molecular complexity index is 447. The zero-order valence-electron chi connectivity index (χ0n) is 9.09. The van der Waals surface area contributed by atoms with Gasteiger partial charge in [0.2, 0.25) is 0 Å². The standard InChI is InChI=1S/C10H14N6/c1-16-8(5-7-13-16)4-6-12-10-3-2-9(11)14-15-10/h2-3,5,7H,4,6H2,1H3,(H2,11,14)(H,12,15). The number of anilines is 2. The molecule has 2 aromatic heterocycles. The molecule has 0 aliphatic heterocycles. The first-order valence-corrected chi connectivity index (χ1v) is 5.05. The quantitative estimate of drug-likeness (QED) is 0.778. The molecule has 0 aromatic carbocycles. The number of nitrogens with two attached hydrogens (primary N) is 1. The van der Waals surface area contributed by atoms with Gasteiger partial charge in [-0.3, -0.25) is 4.68 Å². The van der Waals surface area contributed by atoms with Gasteiger partial charge in [0, 0.05) is 31.9 Å². The van der Waals surface area contributed by atoms with E-state index < -0.39 is 0 Å². The fraction of sp³-hybridized carbons (Fsp3) is 0.300. The van der Waals surface area contributed by atoms with Crippen molar-refractivity contribution in [1.82, 2.24) is 20.0 Å². The summed E-state index contributed by atoms with van der Waals surface area (Å²) in [6.45, 7) is 0.790. The topological polar surface area (TPSA) is 81.7 Å². The maximum absolute atomic E-state index is 5.44. The van der Waals surface area contributed by atoms with Crippen LogP contribution in [0.25, 0.3) is 0 Å². The molecule has 16 heavy (non-hydrogen) atoms. The molecule has 0 amide bonds. The lowest BCUT2D eigenvalue weighted by Crippen LogP contribution is -2.09. The summed E-state index contributed by atoms with van der Waals surface area (Å²) in [5.41, 5.74) is 6.62. The van der Waals surface area contributed by atoms with Crippen molar-refractivity contribution in [3.8, 4) is 0 Å². The van der Waals surface area contributed by atoms with Gasteiger partial charge in [0.1, 0.15) is 11.6 Å². The van der Waals surface area contributed by atoms with Crippen LogP contribution in [0.15, 0.2) is 24.4 Å². The van der Waals surface area contributed by atoms with Crippen LogP contribution < -0.4 is 11.1 Å². The molecule has 0 unspecified atom stereocenters. The molecule has 0 spiro atoms. The van der Waals surface area contributed by atoms with Crippen molar-refractivity contribution in [2.45, 2.75) is 6.42 Å². The zero-order chi connectivity index (χ0) is 11.4. The first-order chi connectivity index (χ1) is 7.75. The Labute approximate surface area is 93.5 Å². The van der Waals surface area contributed by atoms with Gasteiger partial charge in [-0.05, 0) is 18.2 Å². The smallest absolute Gasteiger partial charge is 0.148 e. The lowest BCUT2D eigenvalue weighted by atomic mass is 10.3. The third-order valence-corrected chi connectivity index (χ3v) is 2.29. The Morgan fingerprint density at radius 2 is 2.19 bits per heavy atom. The summed E-state index contributed by atoms with van der Waals surface area (Å²) in [5.74, 6) is 1.16. The number of hydrogen-bond acceptors (Lipinski definition) is 5. The van der Waals surface area contributed by atoms with Crippen molar-refractivity contribution < 1.29 is 0 Å². The monoisotopic (exact) mass is 218 g/mol. The Balaban J connectivity index is 1.84. The summed E-state index contributed by atoms with van der Waals surface area (Å²) in [7, 11) is 1.93. The highest BCUT2D eigenvalue weighted by Gasteiger charge is 1.98. The van der Waals surface area contributed by atoms with E-state index >= 15 is 0 Å². The van der Waals surface area contributed by atoms with Crippen LogP contribution in [-0.4, -0.2) is 26.5 Å². The number of nitrogens with zero attached hydrogens (tertiary/aromatic N) is 4. The van der Waals surface area contributed by atoms with Crippen LogP contribution in [0.2, 0.25) is 0 Å². The average Bonchev–Trinajstić information content (AvgIpc) is 2.68. The SMILES string of the molecule is Cn1nccc1CCNc1ccc(N)nn1. The highest BCUT2D eigenvalue weighted by atomic mass is 15.3. The summed E-state index contributed by atoms with van der Waals surface area (Å²) in [6.07, 6.45) is 2.68. The molecular weight excluding hydrogens is 204 g/mol. The Kier molecular flexibility index (Phi) is 3.00. The van der Waals surface area contributed by atoms with Gasteiger partial charge in [-0.2, -0.15) is 5.10 Å². The van der Waals surface area contributed by atoms with Gasteiger partial charge in [-0.25, -0.2) is 0 Å². The highest BCUT2D eigenvalue weighted by Crippen LogP contribution is 2.03. The molecule has 2 heterocycles. The molecule has 0 saturated heterocycles. The lowest BCUT2D eigenvalue weighted by Gasteiger charge is -2.05. The van der Waals surface area contributed by atoms with Crippen molar-refractivity contribution in [2.75, 3.05) is 17.6 Å². The van der Waals surface area contributed by atoms with E-state index in [2.05, 4.69) is 20.6 Å². The molecular formula is C10H14N6. The fourth-order valence-electron chi connectivity index (χ4n) is 1.40. The van der Waals surface area contributed by atoms with E-state index in [1.165, 1.54) is 5.69 Å². The number of aromatic nitrogens is 4. The van der Waals surface area contributed by atoms with Crippen LogP contribution >= 0.6 is 0 Å². The van der Waals surface area contributed by atoms with Crippen LogP contribution in [0.5, 0.6) is 0 Å². The van der Waals surface area contributed by atoms with Crippen molar-refractivity contribution in [3.63, 3.8) is 0 Å². The summed E-state index contributed by atoms with van der Waals surface area (Å²) in [4.78, 5) is 0. The number of hydrogen-bond donors (Lipinski definition) is 2. The minimum atomic E-state index is 0.428. The van der Waals surface area contributed by atoms with Crippen molar-refractivity contribution in [2.24, 2.45) is 7.05 Å². The first kappa shape index (κ1) is 10.4. The van der Waals surface area contributed by atoms with E-state index in [9.17, 15) is 0 Å². The molecule has 0 aliphatic rings. The minimum absolute atomic E-state index is 0.428. The molecule has 2 rings (SSSR count). The molecule has 2 aromatic rings. The number of nitrogen functional groups attached to an aromatic ring is 1. The van der Waals surface area contributed by atoms with Crippen LogP contribution in [0, 0.1) is 0 Å². The Morgan fingerprint density at radius 1 is 1.31 bits per heavy atom. The predicted molar refractivity (Wildman–Crippen MR) is 61.8 cm³/mol. The van der Waals surface area contributed by atoms with E-state index in [1.54, 1.807) is 12.3 Å². The van der Waals surface area contributed by atoms with Crippen molar-refractivity contribution in [3.05, 3.63) is 30.1 Å². The maximum Gasteiger partial charge on any atom is 0.148 e. The molecule has 84 valence electrons. The van der Waals surface area contributed by atoms with Gasteiger partial charge in [-0.15, -0.1) is 10.2 Å². The second-order valence-corrected chi connectivity index (χ2v) is 3.47. The van der Waals surface area contributed by atoms with Crippen LogP contribution in [0.4, 0.5) is 11.6 Å². The van der Waals surface area contributed by atoms with E-state index in [-0.39, 0.29) is 0 Å². The van der Waals surface area contributed by atoms with Gasteiger partial charge in [-0.1, -0.05) is 0 Å². The molecule has 6 heteroatoms. The molecule has 0 bridgehead atoms. The molecule has 0 atom stereocenters. The second kappa shape index (κ2) is 4.61. The summed E-state index contributed by atoms with van der Waals surface area (Å²) >= 11 is 0. The largest absolute Gasteiger partial charge is 0.382 e. The maximum atomic E-state index is 5.44. The lowest BCUT2D eigenvalue weighted by molar-refractivity contribution is 0.710.